The Balaban J connectivity index is 2.64. The predicted octanol–water partition coefficient (Wildman–Crippen LogP) is 3.06. The van der Waals surface area contributed by atoms with Gasteiger partial charge in [-0.2, -0.15) is 0 Å². The molecule has 1 amide bonds. The Morgan fingerprint density at radius 2 is 1.86 bits per heavy atom. The van der Waals surface area contributed by atoms with Crippen LogP contribution in [0.3, 0.4) is 0 Å². The number of hydrogen-bond donors (Lipinski definition) is 2. The number of carbonyl (C=O) groups excluding carboxylic acids is 1. The number of rotatable bonds is 7. The maximum absolute atomic E-state index is 12.1. The van der Waals surface area contributed by atoms with E-state index in [4.69, 9.17) is 5.11 Å². The van der Waals surface area contributed by atoms with Crippen LogP contribution in [0.25, 0.3) is 0 Å². The van der Waals surface area contributed by atoms with Gasteiger partial charge in [-0.15, -0.1) is 0 Å². The van der Waals surface area contributed by atoms with E-state index in [2.05, 4.69) is 5.32 Å². The van der Waals surface area contributed by atoms with Crippen molar-refractivity contribution in [3.8, 4) is 0 Å². The monoisotopic (exact) mass is 308 g/mol. The van der Waals surface area contributed by atoms with Gasteiger partial charge >= 0.3 is 5.97 Å². The number of nitrogens with one attached hydrogen (secondary N) is 1. The molecule has 0 bridgehead atoms. The van der Waals surface area contributed by atoms with Crippen LogP contribution in [-0.4, -0.2) is 21.9 Å². The van der Waals surface area contributed by atoms with Crippen molar-refractivity contribution in [2.75, 3.05) is 5.32 Å². The zero-order valence-electron chi connectivity index (χ0n) is 12.8. The summed E-state index contributed by atoms with van der Waals surface area (Å²) in [5, 5.41) is 22.1. The van der Waals surface area contributed by atoms with Crippen LogP contribution in [0.2, 0.25) is 0 Å². The maximum Gasteiger partial charge on any atom is 0.303 e. The Morgan fingerprint density at radius 1 is 1.32 bits per heavy atom. The highest BCUT2D eigenvalue weighted by Gasteiger charge is 2.27. The molecule has 1 unspecified atom stereocenters. The number of nitro benzene ring substituents is 1. The summed E-state index contributed by atoms with van der Waals surface area (Å²) in [4.78, 5) is 32.9. The van der Waals surface area contributed by atoms with E-state index in [1.807, 2.05) is 0 Å². The smallest absolute Gasteiger partial charge is 0.303 e. The van der Waals surface area contributed by atoms with Crippen LogP contribution >= 0.6 is 0 Å². The third-order valence-corrected chi connectivity index (χ3v) is 3.28. The van der Waals surface area contributed by atoms with Gasteiger partial charge in [0.1, 0.15) is 0 Å². The molecule has 0 fully saturated rings. The number of benzene rings is 1. The average Bonchev–Trinajstić information content (AvgIpc) is 2.36. The number of anilines is 1. The normalized spacial score (nSPS) is 12.5. The maximum atomic E-state index is 12.1. The molecule has 22 heavy (non-hydrogen) atoms. The van der Waals surface area contributed by atoms with E-state index in [0.717, 1.165) is 0 Å². The van der Waals surface area contributed by atoms with Gasteiger partial charge in [-0.3, -0.25) is 19.7 Å². The van der Waals surface area contributed by atoms with Gasteiger partial charge in [-0.25, -0.2) is 0 Å². The number of amides is 1. The first-order valence-electron chi connectivity index (χ1n) is 6.88. The molecule has 0 aromatic heterocycles. The number of carbonyl (C=O) groups is 2. The molecule has 0 aliphatic carbocycles. The topological polar surface area (TPSA) is 110 Å². The fraction of sp³-hybridized carbons (Fsp3) is 0.467. The molecule has 7 nitrogen and oxygen atoms in total. The summed E-state index contributed by atoms with van der Waals surface area (Å²) in [6.07, 6.45) is 0.417. The van der Waals surface area contributed by atoms with Crippen LogP contribution in [0.4, 0.5) is 11.4 Å². The van der Waals surface area contributed by atoms with Gasteiger partial charge in [0.2, 0.25) is 5.91 Å². The molecule has 0 aliphatic rings. The molecule has 0 saturated heterocycles. The van der Waals surface area contributed by atoms with Crippen molar-refractivity contribution in [2.45, 2.75) is 33.6 Å². The lowest BCUT2D eigenvalue weighted by molar-refractivity contribution is -0.384. The Bertz CT molecular complexity index is 566. The molecular weight excluding hydrogens is 288 g/mol. The van der Waals surface area contributed by atoms with Gasteiger partial charge in [0.25, 0.3) is 5.69 Å². The summed E-state index contributed by atoms with van der Waals surface area (Å²) in [5.41, 5.74) is -0.0648. The lowest BCUT2D eigenvalue weighted by Crippen LogP contribution is -2.27. The quantitative estimate of drug-likeness (QED) is 0.594. The summed E-state index contributed by atoms with van der Waals surface area (Å²) in [6.45, 7) is 5.33. The van der Waals surface area contributed by atoms with E-state index in [0.29, 0.717) is 12.1 Å². The molecule has 2 N–H and O–H groups in total. The molecule has 0 heterocycles. The molecule has 0 spiro atoms. The van der Waals surface area contributed by atoms with Gasteiger partial charge < -0.3 is 10.4 Å². The summed E-state index contributed by atoms with van der Waals surface area (Å²) >= 11 is 0. The van der Waals surface area contributed by atoms with E-state index in [1.54, 1.807) is 20.8 Å². The van der Waals surface area contributed by atoms with Crippen molar-refractivity contribution in [3.63, 3.8) is 0 Å². The first kappa shape index (κ1) is 17.6. The minimum atomic E-state index is -0.895. The number of nitro groups is 1. The van der Waals surface area contributed by atoms with E-state index < -0.39 is 16.3 Å². The van der Waals surface area contributed by atoms with E-state index >= 15 is 0 Å². The van der Waals surface area contributed by atoms with Gasteiger partial charge in [0.15, 0.2) is 0 Å². The lowest BCUT2D eigenvalue weighted by Gasteiger charge is -2.25. The number of carboxylic acids is 1. The number of non-ortho nitro benzene ring substituents is 1. The predicted molar refractivity (Wildman–Crippen MR) is 81.5 cm³/mol. The first-order valence-corrected chi connectivity index (χ1v) is 6.88. The van der Waals surface area contributed by atoms with Crippen LogP contribution in [0.15, 0.2) is 24.3 Å². The van der Waals surface area contributed by atoms with E-state index in [-0.39, 0.29) is 23.9 Å². The Labute approximate surface area is 128 Å². The van der Waals surface area contributed by atoms with Crippen molar-refractivity contribution in [2.24, 2.45) is 11.3 Å². The molecule has 0 aliphatic heterocycles. The highest BCUT2D eigenvalue weighted by molar-refractivity contribution is 5.92. The molecular formula is C15H20N2O5. The first-order chi connectivity index (χ1) is 10.1. The number of nitrogens with zero attached hydrogens (tertiary/aromatic N) is 1. The second-order valence-electron chi connectivity index (χ2n) is 6.13. The van der Waals surface area contributed by atoms with Crippen LogP contribution in [-0.2, 0) is 9.59 Å². The number of carboxylic acid groups (broad SMARTS) is 1. The molecule has 1 aromatic rings. The summed E-state index contributed by atoms with van der Waals surface area (Å²) in [7, 11) is 0. The highest BCUT2D eigenvalue weighted by atomic mass is 16.6. The van der Waals surface area contributed by atoms with Crippen molar-refractivity contribution < 1.29 is 19.6 Å². The Hall–Kier alpha value is -2.44. The second-order valence-corrected chi connectivity index (χ2v) is 6.13. The zero-order chi connectivity index (χ0) is 16.9. The van der Waals surface area contributed by atoms with Crippen molar-refractivity contribution in [1.29, 1.82) is 0 Å². The minimum absolute atomic E-state index is 0.0118. The fourth-order valence-electron chi connectivity index (χ4n) is 2.34. The summed E-state index contributed by atoms with van der Waals surface area (Å²) in [5.74, 6) is -1.51. The average molecular weight is 308 g/mol. The van der Waals surface area contributed by atoms with E-state index in [9.17, 15) is 19.7 Å². The molecule has 1 rings (SSSR count). The Morgan fingerprint density at radius 3 is 2.32 bits per heavy atom. The standard InChI is InChI=1S/C15H20N2O5/c1-10(8-15(2,3)9-13(18)19)14(20)16-11-4-6-12(7-5-11)17(21)22/h4-7,10H,8-9H2,1-3H3,(H,16,20)(H,18,19). The largest absolute Gasteiger partial charge is 0.481 e. The van der Waals surface area contributed by atoms with Gasteiger partial charge in [0.05, 0.1) is 11.3 Å². The van der Waals surface area contributed by atoms with Crippen LogP contribution in [0.5, 0.6) is 0 Å². The lowest BCUT2D eigenvalue weighted by atomic mass is 9.80. The van der Waals surface area contributed by atoms with Crippen molar-refractivity contribution in [3.05, 3.63) is 34.4 Å². The molecule has 1 aromatic carbocycles. The third-order valence-electron chi connectivity index (χ3n) is 3.28. The number of hydrogen-bond acceptors (Lipinski definition) is 4. The summed E-state index contributed by atoms with van der Waals surface area (Å²) in [6, 6.07) is 5.56. The van der Waals surface area contributed by atoms with Crippen molar-refractivity contribution >= 4 is 23.3 Å². The van der Waals surface area contributed by atoms with Gasteiger partial charge in [0, 0.05) is 23.7 Å². The van der Waals surface area contributed by atoms with Crippen LogP contribution in [0, 0.1) is 21.4 Å². The van der Waals surface area contributed by atoms with Gasteiger partial charge in [-0.05, 0) is 24.0 Å². The highest BCUT2D eigenvalue weighted by Crippen LogP contribution is 2.30. The third kappa shape index (κ3) is 5.51. The SMILES string of the molecule is CC(CC(C)(C)CC(=O)O)C(=O)Nc1ccc([N+](=O)[O-])cc1. The molecule has 120 valence electrons. The Kier molecular flexibility index (Phi) is 5.62. The summed E-state index contributed by atoms with van der Waals surface area (Å²) < 4.78 is 0. The fourth-order valence-corrected chi connectivity index (χ4v) is 2.34. The molecule has 1 atom stereocenters. The number of aliphatic carboxylic acids is 1. The van der Waals surface area contributed by atoms with Crippen LogP contribution in [0.1, 0.15) is 33.6 Å². The van der Waals surface area contributed by atoms with Gasteiger partial charge in [-0.1, -0.05) is 20.8 Å². The zero-order valence-corrected chi connectivity index (χ0v) is 12.8. The molecule has 0 radical (unpaired) electrons. The minimum Gasteiger partial charge on any atom is -0.481 e. The van der Waals surface area contributed by atoms with E-state index in [1.165, 1.54) is 24.3 Å². The van der Waals surface area contributed by atoms with Crippen LogP contribution < -0.4 is 5.32 Å². The van der Waals surface area contributed by atoms with Crippen molar-refractivity contribution in [1.82, 2.24) is 0 Å². The molecule has 0 saturated carbocycles. The molecule has 7 heteroatoms. The second kappa shape index (κ2) is 7.02.